The van der Waals surface area contributed by atoms with E-state index in [1.165, 1.54) is 32.6 Å². The van der Waals surface area contributed by atoms with Crippen LogP contribution in [0.5, 0.6) is 17.2 Å². The second-order valence-corrected chi connectivity index (χ2v) is 7.53. The van der Waals surface area contributed by atoms with Gasteiger partial charge in [-0.2, -0.15) is 0 Å². The van der Waals surface area contributed by atoms with Crippen molar-refractivity contribution in [2.24, 2.45) is 0 Å². The molecule has 0 spiro atoms. The van der Waals surface area contributed by atoms with Crippen LogP contribution in [0.1, 0.15) is 5.56 Å². The van der Waals surface area contributed by atoms with Gasteiger partial charge in [0.05, 0.1) is 43.0 Å². The summed E-state index contributed by atoms with van der Waals surface area (Å²) in [6.07, 6.45) is 1.39. The number of hydrogen-bond donors (Lipinski definition) is 0. The normalized spacial score (nSPS) is 12.9. The predicted molar refractivity (Wildman–Crippen MR) is 119 cm³/mol. The van der Waals surface area contributed by atoms with Gasteiger partial charge in [-0.05, 0) is 42.0 Å². The Bertz CT molecular complexity index is 1430. The molecule has 0 fully saturated rings. The number of ether oxygens (including phenoxy) is 3. The Morgan fingerprint density at radius 2 is 1.79 bits per heavy atom. The van der Waals surface area contributed by atoms with Crippen molar-refractivity contribution >= 4 is 16.7 Å². The van der Waals surface area contributed by atoms with E-state index in [0.717, 1.165) is 6.07 Å². The summed E-state index contributed by atoms with van der Waals surface area (Å²) in [5.74, 6) is 0.229. The van der Waals surface area contributed by atoms with Crippen molar-refractivity contribution in [2.45, 2.75) is 6.54 Å². The van der Waals surface area contributed by atoms with Crippen molar-refractivity contribution in [1.29, 1.82) is 0 Å². The Morgan fingerprint density at radius 3 is 2.55 bits per heavy atom. The van der Waals surface area contributed by atoms with Crippen molar-refractivity contribution in [2.75, 3.05) is 25.9 Å². The monoisotopic (exact) mass is 451 g/mol. The molecule has 168 valence electrons. The van der Waals surface area contributed by atoms with E-state index in [9.17, 15) is 13.6 Å². The van der Waals surface area contributed by atoms with E-state index >= 15 is 0 Å². The van der Waals surface area contributed by atoms with Gasteiger partial charge >= 0.3 is 0 Å². The maximum atomic E-state index is 14.3. The van der Waals surface area contributed by atoms with Gasteiger partial charge in [0.15, 0.2) is 18.2 Å². The summed E-state index contributed by atoms with van der Waals surface area (Å²) in [7, 11) is 3.06. The first-order valence-electron chi connectivity index (χ1n) is 10.1. The Hall–Kier alpha value is -4.07. The maximum Gasteiger partial charge on any atom is 0.200 e. The third-order valence-corrected chi connectivity index (χ3v) is 5.67. The molecule has 0 saturated carbocycles. The molecular formula is C25H19F2NO5. The van der Waals surface area contributed by atoms with Gasteiger partial charge in [-0.15, -0.1) is 0 Å². The molecule has 0 amide bonds. The van der Waals surface area contributed by atoms with Gasteiger partial charge in [-0.1, -0.05) is 6.07 Å². The number of benzene rings is 3. The van der Waals surface area contributed by atoms with Crippen molar-refractivity contribution in [3.05, 3.63) is 82.2 Å². The zero-order chi connectivity index (χ0) is 23.1. The smallest absolute Gasteiger partial charge is 0.200 e. The first kappa shape index (κ1) is 20.8. The standard InChI is InChI=1S/C25H19F2NO5/c1-30-22-7-3-14(9-23(22)31-2)18-12-32-25-16(24(18)29)5-8-21-17(25)11-28(13-33-21)20-6-4-15(26)10-19(20)27/h3-10,12H,11,13H2,1-2H3. The van der Waals surface area contributed by atoms with E-state index in [4.69, 9.17) is 18.6 Å². The topological polar surface area (TPSA) is 61.1 Å². The van der Waals surface area contributed by atoms with Crippen LogP contribution in [0.15, 0.2) is 64.0 Å². The summed E-state index contributed by atoms with van der Waals surface area (Å²) in [4.78, 5) is 14.9. The van der Waals surface area contributed by atoms with E-state index in [1.807, 2.05) is 0 Å². The SMILES string of the molecule is COc1ccc(-c2coc3c4c(ccc3c2=O)OCN(c2ccc(F)cc2F)C4)cc1OC. The summed E-state index contributed by atoms with van der Waals surface area (Å²) in [6, 6.07) is 11.9. The van der Waals surface area contributed by atoms with Crippen LogP contribution < -0.4 is 24.5 Å². The van der Waals surface area contributed by atoms with Crippen LogP contribution in [0.4, 0.5) is 14.5 Å². The molecule has 6 nitrogen and oxygen atoms in total. The van der Waals surface area contributed by atoms with Gasteiger partial charge in [-0.3, -0.25) is 4.79 Å². The molecule has 2 heterocycles. The second-order valence-electron chi connectivity index (χ2n) is 7.53. The fourth-order valence-corrected chi connectivity index (χ4v) is 4.00. The van der Waals surface area contributed by atoms with Crippen LogP contribution in [-0.4, -0.2) is 21.0 Å². The number of halogens is 2. The minimum atomic E-state index is -0.695. The second kappa shape index (κ2) is 8.12. The molecule has 33 heavy (non-hydrogen) atoms. The molecule has 3 aromatic carbocycles. The van der Waals surface area contributed by atoms with Crippen molar-refractivity contribution in [3.63, 3.8) is 0 Å². The fraction of sp³-hybridized carbons (Fsp3) is 0.160. The van der Waals surface area contributed by atoms with Crippen LogP contribution in [0.2, 0.25) is 0 Å². The molecule has 5 rings (SSSR count). The summed E-state index contributed by atoms with van der Waals surface area (Å²) in [6.45, 7) is 0.308. The van der Waals surface area contributed by atoms with E-state index in [0.29, 0.717) is 44.9 Å². The van der Waals surface area contributed by atoms with Crippen LogP contribution in [0.3, 0.4) is 0 Å². The highest BCUT2D eigenvalue weighted by molar-refractivity contribution is 5.86. The lowest BCUT2D eigenvalue weighted by Gasteiger charge is -2.31. The van der Waals surface area contributed by atoms with Crippen molar-refractivity contribution < 1.29 is 27.4 Å². The summed E-state index contributed by atoms with van der Waals surface area (Å²) in [5.41, 5.74) is 1.92. The quantitative estimate of drug-likeness (QED) is 0.430. The zero-order valence-corrected chi connectivity index (χ0v) is 17.9. The molecular weight excluding hydrogens is 432 g/mol. The molecule has 1 aliphatic heterocycles. The first-order valence-corrected chi connectivity index (χ1v) is 10.1. The minimum absolute atomic E-state index is 0.0784. The molecule has 0 unspecified atom stereocenters. The number of rotatable bonds is 4. The molecule has 0 N–H and O–H groups in total. The molecule has 0 radical (unpaired) electrons. The highest BCUT2D eigenvalue weighted by Crippen LogP contribution is 2.36. The third kappa shape index (κ3) is 3.53. The average molecular weight is 451 g/mol. The van der Waals surface area contributed by atoms with E-state index in [2.05, 4.69) is 0 Å². The highest BCUT2D eigenvalue weighted by atomic mass is 19.1. The first-order chi connectivity index (χ1) is 16.0. The fourth-order valence-electron chi connectivity index (χ4n) is 4.00. The van der Waals surface area contributed by atoms with Crippen molar-refractivity contribution in [1.82, 2.24) is 0 Å². The van der Waals surface area contributed by atoms with Crippen molar-refractivity contribution in [3.8, 4) is 28.4 Å². The van der Waals surface area contributed by atoms with Crippen LogP contribution in [-0.2, 0) is 6.54 Å². The average Bonchev–Trinajstić information content (AvgIpc) is 2.83. The number of fused-ring (bicyclic) bond motifs is 3. The van der Waals surface area contributed by atoms with Gasteiger partial charge in [0.1, 0.15) is 29.2 Å². The Balaban J connectivity index is 1.58. The molecule has 1 aromatic heterocycles. The van der Waals surface area contributed by atoms with Crippen LogP contribution in [0, 0.1) is 11.6 Å². The molecule has 0 aliphatic carbocycles. The molecule has 0 atom stereocenters. The molecule has 8 heteroatoms. The Kier molecular flexibility index (Phi) is 5.12. The van der Waals surface area contributed by atoms with E-state index in [-0.39, 0.29) is 24.4 Å². The number of anilines is 1. The van der Waals surface area contributed by atoms with E-state index < -0.39 is 11.6 Å². The lowest BCUT2D eigenvalue weighted by molar-refractivity contribution is 0.287. The van der Waals surface area contributed by atoms with Gasteiger partial charge in [-0.25, -0.2) is 8.78 Å². The number of nitrogens with zero attached hydrogens (tertiary/aromatic N) is 1. The lowest BCUT2D eigenvalue weighted by Crippen LogP contribution is -2.32. The highest BCUT2D eigenvalue weighted by Gasteiger charge is 2.25. The Labute approximate surface area is 187 Å². The van der Waals surface area contributed by atoms with E-state index in [1.54, 1.807) is 35.2 Å². The molecule has 4 aromatic rings. The third-order valence-electron chi connectivity index (χ3n) is 5.67. The maximum absolute atomic E-state index is 14.3. The lowest BCUT2D eigenvalue weighted by atomic mass is 10.0. The molecule has 0 bridgehead atoms. The van der Waals surface area contributed by atoms with Gasteiger partial charge in [0, 0.05) is 6.07 Å². The summed E-state index contributed by atoms with van der Waals surface area (Å²) >= 11 is 0. The largest absolute Gasteiger partial charge is 0.493 e. The minimum Gasteiger partial charge on any atom is -0.493 e. The zero-order valence-electron chi connectivity index (χ0n) is 17.9. The molecule has 1 aliphatic rings. The number of methoxy groups -OCH3 is 2. The van der Waals surface area contributed by atoms with Crippen LogP contribution >= 0.6 is 0 Å². The number of hydrogen-bond acceptors (Lipinski definition) is 6. The summed E-state index contributed by atoms with van der Waals surface area (Å²) in [5, 5.41) is 0.367. The van der Waals surface area contributed by atoms with Gasteiger partial charge in [0.2, 0.25) is 5.43 Å². The Morgan fingerprint density at radius 1 is 0.970 bits per heavy atom. The predicted octanol–water partition coefficient (Wildman–Crippen LogP) is 5.11. The molecule has 0 saturated heterocycles. The summed E-state index contributed by atoms with van der Waals surface area (Å²) < 4.78 is 49.9. The van der Waals surface area contributed by atoms with Gasteiger partial charge < -0.3 is 23.5 Å². The van der Waals surface area contributed by atoms with Gasteiger partial charge in [0.25, 0.3) is 0 Å². The van der Waals surface area contributed by atoms with Crippen LogP contribution in [0.25, 0.3) is 22.1 Å².